The molecular formula is C27H28ClN9O4. The number of halogens is 1. The van der Waals surface area contributed by atoms with Gasteiger partial charge < -0.3 is 30.3 Å². The minimum atomic E-state index is -1.13. The van der Waals surface area contributed by atoms with Gasteiger partial charge in [0.05, 0.1) is 12.4 Å². The molecule has 5 N–H and O–H groups in total. The summed E-state index contributed by atoms with van der Waals surface area (Å²) < 4.78 is 1.69. The summed E-state index contributed by atoms with van der Waals surface area (Å²) in [4.78, 5) is 14.7. The molecule has 0 unspecified atom stereocenters. The van der Waals surface area contributed by atoms with Crippen LogP contribution in [0.2, 0.25) is 5.28 Å². The molecule has 3 heterocycles. The third-order valence-electron chi connectivity index (χ3n) is 7.52. The van der Waals surface area contributed by atoms with Gasteiger partial charge in [-0.25, -0.2) is 4.98 Å². The number of hydrogen-bond donors (Lipinski definition) is 5. The van der Waals surface area contributed by atoms with Crippen LogP contribution in [0.5, 0.6) is 11.5 Å². The minimum Gasteiger partial charge on any atom is -0.508 e. The molecule has 0 bridgehead atoms. The third-order valence-corrected chi connectivity index (χ3v) is 7.69. The first-order chi connectivity index (χ1) is 19.8. The van der Waals surface area contributed by atoms with Gasteiger partial charge in [-0.05, 0) is 58.6 Å². The zero-order valence-electron chi connectivity index (χ0n) is 21.9. The highest BCUT2D eigenvalue weighted by Gasteiger charge is 2.45. The van der Waals surface area contributed by atoms with Crippen molar-refractivity contribution in [1.82, 2.24) is 39.7 Å². The molecule has 212 valence electrons. The van der Waals surface area contributed by atoms with Gasteiger partial charge in [0.15, 0.2) is 22.8 Å². The van der Waals surface area contributed by atoms with Crippen molar-refractivity contribution in [1.29, 1.82) is 0 Å². The number of phenolic OH excluding ortho intramolecular Hbond substituents is 2. The molecule has 41 heavy (non-hydrogen) atoms. The SMILES string of the molecule is CCc1nnn([C@H]2C[C@H](n3cnc4c(NCC(c5ccc(O)cc5)c5ccc(O)cc5)nc(Cl)nc43)[C@H](O)[C@H]2O)n1. The number of aryl methyl sites for hydroxylation is 1. The predicted octanol–water partition coefficient (Wildman–Crippen LogP) is 2.59. The highest BCUT2D eigenvalue weighted by atomic mass is 35.5. The molecule has 2 aromatic carbocycles. The summed E-state index contributed by atoms with van der Waals surface area (Å²) in [7, 11) is 0. The van der Waals surface area contributed by atoms with Gasteiger partial charge in [0.2, 0.25) is 5.28 Å². The molecule has 1 aliphatic rings. The van der Waals surface area contributed by atoms with E-state index in [9.17, 15) is 20.4 Å². The van der Waals surface area contributed by atoms with E-state index in [1.165, 1.54) is 4.80 Å². The lowest BCUT2D eigenvalue weighted by Gasteiger charge is -2.20. The van der Waals surface area contributed by atoms with Crippen molar-refractivity contribution in [2.45, 2.75) is 50.0 Å². The van der Waals surface area contributed by atoms with E-state index in [1.807, 2.05) is 31.2 Å². The molecule has 0 saturated heterocycles. The second-order valence-corrected chi connectivity index (χ2v) is 10.4. The first kappa shape index (κ1) is 26.9. The molecule has 1 saturated carbocycles. The summed E-state index contributed by atoms with van der Waals surface area (Å²) in [6, 6.07) is 12.7. The second-order valence-electron chi connectivity index (χ2n) is 10.0. The van der Waals surface area contributed by atoms with E-state index < -0.39 is 24.3 Å². The Morgan fingerprint density at radius 1 is 0.951 bits per heavy atom. The van der Waals surface area contributed by atoms with Gasteiger partial charge in [-0.15, -0.1) is 10.2 Å². The summed E-state index contributed by atoms with van der Waals surface area (Å²) in [5.41, 5.74) is 2.72. The van der Waals surface area contributed by atoms with Gasteiger partial charge in [-0.3, -0.25) is 0 Å². The molecule has 0 amide bonds. The molecule has 5 aromatic rings. The van der Waals surface area contributed by atoms with Crippen LogP contribution in [0.25, 0.3) is 11.2 Å². The zero-order valence-corrected chi connectivity index (χ0v) is 22.7. The molecular weight excluding hydrogens is 550 g/mol. The van der Waals surface area contributed by atoms with Crippen LogP contribution in [0, 0.1) is 0 Å². The first-order valence-electron chi connectivity index (χ1n) is 13.2. The van der Waals surface area contributed by atoms with Crippen molar-refractivity contribution in [3.63, 3.8) is 0 Å². The van der Waals surface area contributed by atoms with Gasteiger partial charge in [-0.2, -0.15) is 14.8 Å². The Morgan fingerprint density at radius 3 is 2.20 bits per heavy atom. The van der Waals surface area contributed by atoms with Crippen molar-refractivity contribution >= 4 is 28.6 Å². The van der Waals surface area contributed by atoms with Gasteiger partial charge >= 0.3 is 0 Å². The van der Waals surface area contributed by atoms with E-state index in [0.717, 1.165) is 11.1 Å². The second kappa shape index (κ2) is 10.9. The highest BCUT2D eigenvalue weighted by Crippen LogP contribution is 2.39. The third kappa shape index (κ3) is 5.14. The maximum atomic E-state index is 11.0. The molecule has 1 fully saturated rings. The summed E-state index contributed by atoms with van der Waals surface area (Å²) in [5.74, 6) is 1.10. The van der Waals surface area contributed by atoms with Crippen molar-refractivity contribution in [3.8, 4) is 11.5 Å². The fourth-order valence-electron chi connectivity index (χ4n) is 5.32. The van der Waals surface area contributed by atoms with E-state index in [-0.39, 0.29) is 22.7 Å². The number of fused-ring (bicyclic) bond motifs is 1. The summed E-state index contributed by atoms with van der Waals surface area (Å²) in [5, 5.41) is 57.1. The average molecular weight is 578 g/mol. The van der Waals surface area contributed by atoms with Crippen LogP contribution >= 0.6 is 11.6 Å². The average Bonchev–Trinajstić information content (AvgIpc) is 3.68. The van der Waals surface area contributed by atoms with Crippen LogP contribution in [0.15, 0.2) is 54.9 Å². The molecule has 14 heteroatoms. The smallest absolute Gasteiger partial charge is 0.226 e. The molecule has 6 rings (SSSR count). The van der Waals surface area contributed by atoms with Crippen molar-refractivity contribution < 1.29 is 20.4 Å². The van der Waals surface area contributed by atoms with Crippen LogP contribution in [-0.2, 0) is 6.42 Å². The number of nitrogens with one attached hydrogen (secondary N) is 1. The van der Waals surface area contributed by atoms with E-state index in [0.29, 0.717) is 42.2 Å². The Bertz CT molecular complexity index is 1610. The standard InChI is InChI=1S/C27H28ClN9O4/c1-2-21-33-35-37(34-21)20-11-19(23(40)24(20)41)36-13-30-22-25(31-27(28)32-26(22)36)29-12-18(14-3-7-16(38)8-4-14)15-5-9-17(39)10-6-15/h3-10,13,18-20,23-24,38-41H,2,11-12H2,1H3,(H,29,31,32)/t19-,20-,23-,24-/m0/s1. The monoisotopic (exact) mass is 577 g/mol. The van der Waals surface area contributed by atoms with Crippen molar-refractivity contribution in [2.24, 2.45) is 0 Å². The molecule has 13 nitrogen and oxygen atoms in total. The van der Waals surface area contributed by atoms with Crippen LogP contribution in [-0.4, -0.2) is 78.9 Å². The number of rotatable bonds is 8. The lowest BCUT2D eigenvalue weighted by atomic mass is 9.91. The van der Waals surface area contributed by atoms with Crippen LogP contribution in [0.4, 0.5) is 5.82 Å². The largest absolute Gasteiger partial charge is 0.508 e. The number of aliphatic hydroxyl groups is 2. The minimum absolute atomic E-state index is 0.0114. The number of tetrazole rings is 1. The Morgan fingerprint density at radius 2 is 1.59 bits per heavy atom. The number of hydrogen-bond acceptors (Lipinski definition) is 11. The number of anilines is 1. The van der Waals surface area contributed by atoms with Gasteiger partial charge in [0, 0.05) is 18.9 Å². The molecule has 0 aliphatic heterocycles. The van der Waals surface area contributed by atoms with Crippen molar-refractivity contribution in [2.75, 3.05) is 11.9 Å². The molecule has 4 atom stereocenters. The van der Waals surface area contributed by atoms with E-state index >= 15 is 0 Å². The summed E-state index contributed by atoms with van der Waals surface area (Å²) >= 11 is 6.35. The lowest BCUT2D eigenvalue weighted by molar-refractivity contribution is 0.00473. The Balaban J connectivity index is 1.30. The van der Waals surface area contributed by atoms with Gasteiger partial charge in [0.25, 0.3) is 0 Å². The van der Waals surface area contributed by atoms with Gasteiger partial charge in [-0.1, -0.05) is 31.2 Å². The Labute approximate surface area is 239 Å². The van der Waals surface area contributed by atoms with Crippen LogP contribution < -0.4 is 5.32 Å². The van der Waals surface area contributed by atoms with E-state index in [2.05, 4.69) is 35.7 Å². The maximum Gasteiger partial charge on any atom is 0.226 e. The van der Waals surface area contributed by atoms with Crippen LogP contribution in [0.3, 0.4) is 0 Å². The van der Waals surface area contributed by atoms with Crippen LogP contribution in [0.1, 0.15) is 48.3 Å². The fraction of sp³-hybridized carbons (Fsp3) is 0.333. The number of nitrogens with zero attached hydrogens (tertiary/aromatic N) is 8. The normalized spacial score (nSPS) is 20.7. The number of phenols is 2. The molecule has 3 aromatic heterocycles. The number of aromatic nitrogens is 8. The van der Waals surface area contributed by atoms with Crippen molar-refractivity contribution in [3.05, 3.63) is 77.1 Å². The number of imidazole rings is 1. The quantitative estimate of drug-likeness (QED) is 0.171. The highest BCUT2D eigenvalue weighted by molar-refractivity contribution is 6.28. The maximum absolute atomic E-state index is 11.0. The first-order valence-corrected chi connectivity index (χ1v) is 13.6. The fourth-order valence-corrected chi connectivity index (χ4v) is 5.49. The lowest BCUT2D eigenvalue weighted by Crippen LogP contribution is -2.31. The van der Waals surface area contributed by atoms with E-state index in [4.69, 9.17) is 11.6 Å². The molecule has 1 aliphatic carbocycles. The number of benzene rings is 2. The number of aromatic hydroxyl groups is 2. The summed E-state index contributed by atoms with van der Waals surface area (Å²) in [6.07, 6.45) is 0.219. The number of aliphatic hydroxyl groups excluding tert-OH is 2. The molecule has 0 spiro atoms. The Hall–Kier alpha value is -4.33. The topological polar surface area (TPSA) is 180 Å². The Kier molecular flexibility index (Phi) is 7.15. The zero-order chi connectivity index (χ0) is 28.7. The van der Waals surface area contributed by atoms with Gasteiger partial charge in [0.1, 0.15) is 29.7 Å². The summed E-state index contributed by atoms with van der Waals surface area (Å²) in [6.45, 7) is 2.30. The van der Waals surface area contributed by atoms with E-state index in [1.54, 1.807) is 35.2 Å². The predicted molar refractivity (Wildman–Crippen MR) is 149 cm³/mol. The molecule has 0 radical (unpaired) electrons.